The smallest absolute Gasteiger partial charge is 0.245 e. The van der Waals surface area contributed by atoms with E-state index in [2.05, 4.69) is 15.6 Å². The van der Waals surface area contributed by atoms with Crippen molar-refractivity contribution in [2.24, 2.45) is 0 Å². The molecule has 2 amide bonds. The van der Waals surface area contributed by atoms with Gasteiger partial charge in [0, 0.05) is 12.4 Å². The van der Waals surface area contributed by atoms with Crippen LogP contribution in [0.25, 0.3) is 0 Å². The average Bonchev–Trinajstić information content (AvgIpc) is 2.24. The molecule has 14 heavy (non-hydrogen) atoms. The van der Waals surface area contributed by atoms with Crippen molar-refractivity contribution in [3.8, 4) is 0 Å². The number of hydrogen-bond acceptors (Lipinski definition) is 3. The topological polar surface area (TPSA) is 71.1 Å². The van der Waals surface area contributed by atoms with Crippen molar-refractivity contribution in [3.63, 3.8) is 0 Å². The summed E-state index contributed by atoms with van der Waals surface area (Å²) in [7, 11) is 0. The Balaban J connectivity index is 2.13. The Labute approximate surface area is 80.5 Å². The van der Waals surface area contributed by atoms with Gasteiger partial charge >= 0.3 is 0 Å². The second-order valence-electron chi connectivity index (χ2n) is 3.03. The minimum Gasteiger partial charge on any atom is -0.345 e. The number of amides is 2. The van der Waals surface area contributed by atoms with Gasteiger partial charge in [0.25, 0.3) is 0 Å². The molecule has 5 heteroatoms. The van der Waals surface area contributed by atoms with Gasteiger partial charge in [0.1, 0.15) is 6.04 Å². The molecule has 2 heterocycles. The highest BCUT2D eigenvalue weighted by molar-refractivity contribution is 5.91. The third kappa shape index (κ3) is 1.32. The largest absolute Gasteiger partial charge is 0.345 e. The first kappa shape index (κ1) is 8.68. The van der Waals surface area contributed by atoms with E-state index >= 15 is 0 Å². The highest BCUT2D eigenvalue weighted by atomic mass is 16.2. The fraction of sp³-hybridized carbons (Fsp3) is 0.222. The highest BCUT2D eigenvalue weighted by Gasteiger charge is 2.39. The second kappa shape index (κ2) is 3.45. The van der Waals surface area contributed by atoms with Gasteiger partial charge in [-0.1, -0.05) is 0 Å². The molecule has 0 radical (unpaired) electrons. The minimum atomic E-state index is -0.449. The molecular weight excluding hydrogens is 182 g/mol. The van der Waals surface area contributed by atoms with Crippen molar-refractivity contribution in [3.05, 3.63) is 30.1 Å². The first-order valence-electron chi connectivity index (χ1n) is 4.23. The molecule has 1 aliphatic heterocycles. The van der Waals surface area contributed by atoms with E-state index in [0.717, 1.165) is 5.56 Å². The molecule has 0 aromatic carbocycles. The summed E-state index contributed by atoms with van der Waals surface area (Å²) in [6.45, 7) is 0. The molecule has 2 N–H and O–H groups in total. The van der Waals surface area contributed by atoms with Crippen LogP contribution in [-0.2, 0) is 9.59 Å². The third-order valence-electron chi connectivity index (χ3n) is 2.23. The Bertz CT molecular complexity index is 352. The predicted octanol–water partition coefficient (Wildman–Crippen LogP) is -0.633. The Morgan fingerprint density at radius 2 is 2.14 bits per heavy atom. The Hall–Kier alpha value is -1.91. The molecule has 2 atom stereocenters. The lowest BCUT2D eigenvalue weighted by molar-refractivity contribution is -0.133. The molecule has 72 valence electrons. The van der Waals surface area contributed by atoms with Gasteiger partial charge in [-0.3, -0.25) is 14.6 Å². The van der Waals surface area contributed by atoms with Crippen LogP contribution < -0.4 is 10.6 Å². The van der Waals surface area contributed by atoms with E-state index in [1.807, 2.05) is 12.1 Å². The summed E-state index contributed by atoms with van der Waals surface area (Å²) in [6.07, 6.45) is 3.84. The summed E-state index contributed by atoms with van der Waals surface area (Å²) in [5.74, 6) is -0.154. The lowest BCUT2D eigenvalue weighted by Gasteiger charge is -2.36. The lowest BCUT2D eigenvalue weighted by Crippen LogP contribution is -2.62. The third-order valence-corrected chi connectivity index (χ3v) is 2.23. The van der Waals surface area contributed by atoms with E-state index in [1.165, 1.54) is 0 Å². The van der Waals surface area contributed by atoms with E-state index in [0.29, 0.717) is 6.41 Å². The first-order chi connectivity index (χ1) is 6.83. The van der Waals surface area contributed by atoms with Gasteiger partial charge in [0.15, 0.2) is 0 Å². The normalized spacial score (nSPS) is 24.7. The average molecular weight is 191 g/mol. The fourth-order valence-corrected chi connectivity index (χ4v) is 1.47. The number of nitrogens with zero attached hydrogens (tertiary/aromatic N) is 1. The zero-order valence-electron chi connectivity index (χ0n) is 7.31. The van der Waals surface area contributed by atoms with E-state index in [9.17, 15) is 9.59 Å². The zero-order chi connectivity index (χ0) is 9.97. The van der Waals surface area contributed by atoms with Crippen LogP contribution in [0.4, 0.5) is 0 Å². The molecular formula is C9H9N3O2. The summed E-state index contributed by atoms with van der Waals surface area (Å²) in [4.78, 5) is 25.2. The number of pyridine rings is 1. The molecule has 1 saturated heterocycles. The van der Waals surface area contributed by atoms with Crippen LogP contribution >= 0.6 is 0 Å². The molecule has 1 aromatic rings. The number of hydrogen-bond donors (Lipinski definition) is 2. The quantitative estimate of drug-likeness (QED) is 0.493. The molecule has 1 aromatic heterocycles. The molecule has 0 aliphatic carbocycles. The van der Waals surface area contributed by atoms with Gasteiger partial charge in [-0.2, -0.15) is 0 Å². The number of carbonyl (C=O) groups is 2. The number of rotatable bonds is 3. The number of β-lactam (4-membered cyclic amide) rings is 1. The number of carbonyl (C=O) groups excluding carboxylic acids is 2. The van der Waals surface area contributed by atoms with Crippen molar-refractivity contribution in [2.75, 3.05) is 0 Å². The van der Waals surface area contributed by atoms with Gasteiger partial charge in [-0.25, -0.2) is 0 Å². The van der Waals surface area contributed by atoms with Crippen LogP contribution in [0.3, 0.4) is 0 Å². The Morgan fingerprint density at radius 1 is 1.43 bits per heavy atom. The van der Waals surface area contributed by atoms with Gasteiger partial charge in [0.05, 0.1) is 6.04 Å². The number of nitrogens with one attached hydrogen (secondary N) is 2. The molecule has 0 bridgehead atoms. The van der Waals surface area contributed by atoms with E-state index in [1.54, 1.807) is 12.4 Å². The summed E-state index contributed by atoms with van der Waals surface area (Å²) < 4.78 is 0. The fourth-order valence-electron chi connectivity index (χ4n) is 1.47. The molecule has 0 unspecified atom stereocenters. The van der Waals surface area contributed by atoms with Gasteiger partial charge in [-0.15, -0.1) is 0 Å². The highest BCUT2D eigenvalue weighted by Crippen LogP contribution is 2.23. The van der Waals surface area contributed by atoms with Crippen LogP contribution in [0.1, 0.15) is 11.6 Å². The number of aromatic nitrogens is 1. The Morgan fingerprint density at radius 3 is 2.71 bits per heavy atom. The molecule has 5 nitrogen and oxygen atoms in total. The Kier molecular flexibility index (Phi) is 2.14. The van der Waals surface area contributed by atoms with Gasteiger partial charge in [-0.05, 0) is 17.7 Å². The van der Waals surface area contributed by atoms with Gasteiger partial charge in [0.2, 0.25) is 12.3 Å². The molecule has 1 aliphatic rings. The maximum absolute atomic E-state index is 11.1. The summed E-state index contributed by atoms with van der Waals surface area (Å²) in [5.41, 5.74) is 0.943. The maximum Gasteiger partial charge on any atom is 0.245 e. The van der Waals surface area contributed by atoms with Crippen molar-refractivity contribution < 1.29 is 9.59 Å². The molecule has 0 spiro atoms. The van der Waals surface area contributed by atoms with Crippen molar-refractivity contribution >= 4 is 12.3 Å². The van der Waals surface area contributed by atoms with Crippen LogP contribution in [-0.4, -0.2) is 23.3 Å². The zero-order valence-corrected chi connectivity index (χ0v) is 7.31. The monoisotopic (exact) mass is 191 g/mol. The SMILES string of the molecule is O=CN[C@H]1C(=O)N[C@@H]1c1ccncc1. The van der Waals surface area contributed by atoms with E-state index in [4.69, 9.17) is 0 Å². The molecule has 0 saturated carbocycles. The summed E-state index contributed by atoms with van der Waals surface area (Å²) >= 11 is 0. The standard InChI is InChI=1S/C9H9N3O2/c13-5-11-8-7(12-9(8)14)6-1-3-10-4-2-6/h1-5,7-8H,(H,11,13)(H,12,14)/t7-,8-/m1/s1. The molecule has 1 fully saturated rings. The second-order valence-corrected chi connectivity index (χ2v) is 3.03. The maximum atomic E-state index is 11.1. The first-order valence-corrected chi connectivity index (χ1v) is 4.23. The van der Waals surface area contributed by atoms with Crippen LogP contribution in [0.5, 0.6) is 0 Å². The lowest BCUT2D eigenvalue weighted by atomic mass is 9.92. The molecule has 2 rings (SSSR count). The van der Waals surface area contributed by atoms with Crippen LogP contribution in [0.15, 0.2) is 24.5 Å². The van der Waals surface area contributed by atoms with Crippen molar-refractivity contribution in [1.82, 2.24) is 15.6 Å². The van der Waals surface area contributed by atoms with Crippen molar-refractivity contribution in [2.45, 2.75) is 12.1 Å². The van der Waals surface area contributed by atoms with E-state index < -0.39 is 6.04 Å². The predicted molar refractivity (Wildman–Crippen MR) is 48.1 cm³/mol. The van der Waals surface area contributed by atoms with Crippen molar-refractivity contribution in [1.29, 1.82) is 0 Å². The summed E-state index contributed by atoms with van der Waals surface area (Å²) in [5, 5.41) is 5.17. The summed E-state index contributed by atoms with van der Waals surface area (Å²) in [6, 6.07) is 3.04. The van der Waals surface area contributed by atoms with E-state index in [-0.39, 0.29) is 11.9 Å². The van der Waals surface area contributed by atoms with Crippen LogP contribution in [0.2, 0.25) is 0 Å². The minimum absolute atomic E-state index is 0.129. The van der Waals surface area contributed by atoms with Gasteiger partial charge < -0.3 is 10.6 Å². The van der Waals surface area contributed by atoms with Crippen LogP contribution in [0, 0.1) is 0 Å².